The zero-order valence-corrected chi connectivity index (χ0v) is 14.2. The number of aromatic hydroxyl groups is 1. The molecule has 0 aliphatic heterocycles. The Hall–Kier alpha value is -1.97. The average molecular weight is 302 g/mol. The maximum Gasteiger partial charge on any atom is 0.161 e. The maximum atomic E-state index is 10.6. The van der Waals surface area contributed by atoms with Crippen molar-refractivity contribution in [3.63, 3.8) is 0 Å². The van der Waals surface area contributed by atoms with Gasteiger partial charge in [0, 0.05) is 5.41 Å². The lowest BCUT2D eigenvalue weighted by Gasteiger charge is -2.15. The molecular formula is C18H26N2O2. The Morgan fingerprint density at radius 2 is 1.82 bits per heavy atom. The van der Waals surface area contributed by atoms with Gasteiger partial charge in [-0.25, -0.2) is 4.68 Å². The van der Waals surface area contributed by atoms with Crippen molar-refractivity contribution in [2.75, 3.05) is 7.11 Å². The average Bonchev–Trinajstić information content (AvgIpc) is 2.82. The Morgan fingerprint density at radius 3 is 2.32 bits per heavy atom. The molecule has 0 aliphatic rings. The Balaban J connectivity index is 2.52. The highest BCUT2D eigenvalue weighted by molar-refractivity contribution is 5.44. The van der Waals surface area contributed by atoms with Gasteiger partial charge < -0.3 is 9.84 Å². The van der Waals surface area contributed by atoms with E-state index in [1.165, 1.54) is 0 Å². The molecule has 4 heteroatoms. The summed E-state index contributed by atoms with van der Waals surface area (Å²) in [6.07, 6.45) is 2.93. The lowest BCUT2D eigenvalue weighted by molar-refractivity contribution is 0.414. The summed E-state index contributed by atoms with van der Waals surface area (Å²) in [5.74, 6) is 1.14. The molecule has 1 N–H and O–H groups in total. The third kappa shape index (κ3) is 3.26. The number of aromatic nitrogens is 2. The van der Waals surface area contributed by atoms with Gasteiger partial charge in [-0.3, -0.25) is 0 Å². The Morgan fingerprint density at radius 1 is 1.18 bits per heavy atom. The van der Waals surface area contributed by atoms with Crippen LogP contribution < -0.4 is 4.74 Å². The first-order chi connectivity index (χ1) is 10.4. The number of hydrogen-bond donors (Lipinski definition) is 1. The van der Waals surface area contributed by atoms with Crippen molar-refractivity contribution in [2.24, 2.45) is 0 Å². The van der Waals surface area contributed by atoms with Crippen LogP contribution in [-0.2, 0) is 11.8 Å². The van der Waals surface area contributed by atoms with E-state index < -0.39 is 0 Å². The zero-order chi connectivity index (χ0) is 16.3. The highest BCUT2D eigenvalue weighted by atomic mass is 16.5. The summed E-state index contributed by atoms with van der Waals surface area (Å²) in [5.41, 5.74) is 2.38. The van der Waals surface area contributed by atoms with Gasteiger partial charge in [-0.2, -0.15) is 5.10 Å². The topological polar surface area (TPSA) is 47.3 Å². The Labute approximate surface area is 132 Å². The van der Waals surface area contributed by atoms with Crippen molar-refractivity contribution in [3.05, 3.63) is 35.7 Å². The molecule has 0 fully saturated rings. The quantitative estimate of drug-likeness (QED) is 0.899. The van der Waals surface area contributed by atoms with Gasteiger partial charge in [-0.1, -0.05) is 34.1 Å². The van der Waals surface area contributed by atoms with Gasteiger partial charge in [-0.05, 0) is 37.1 Å². The van der Waals surface area contributed by atoms with Crippen molar-refractivity contribution in [1.82, 2.24) is 9.78 Å². The fourth-order valence-electron chi connectivity index (χ4n) is 2.46. The van der Waals surface area contributed by atoms with Gasteiger partial charge >= 0.3 is 0 Å². The minimum absolute atomic E-state index is 0.192. The van der Waals surface area contributed by atoms with Crippen LogP contribution in [0, 0.1) is 0 Å². The highest BCUT2D eigenvalue weighted by Gasteiger charge is 2.26. The molecule has 0 bridgehead atoms. The summed E-state index contributed by atoms with van der Waals surface area (Å²) >= 11 is 0. The van der Waals surface area contributed by atoms with Gasteiger partial charge in [0.2, 0.25) is 0 Å². The van der Waals surface area contributed by atoms with Crippen LogP contribution in [0.4, 0.5) is 0 Å². The van der Waals surface area contributed by atoms with Gasteiger partial charge in [0.15, 0.2) is 5.75 Å². The van der Waals surface area contributed by atoms with Crippen molar-refractivity contribution < 1.29 is 9.84 Å². The van der Waals surface area contributed by atoms with Gasteiger partial charge in [-0.15, -0.1) is 0 Å². The minimum atomic E-state index is -0.192. The van der Waals surface area contributed by atoms with Crippen LogP contribution >= 0.6 is 0 Å². The van der Waals surface area contributed by atoms with Gasteiger partial charge in [0.05, 0.1) is 18.5 Å². The number of rotatable bonds is 5. The first kappa shape index (κ1) is 16.4. The van der Waals surface area contributed by atoms with E-state index in [-0.39, 0.29) is 5.41 Å². The van der Waals surface area contributed by atoms with Crippen LogP contribution in [0.5, 0.6) is 11.5 Å². The van der Waals surface area contributed by atoms with E-state index in [4.69, 9.17) is 4.74 Å². The molecule has 1 aromatic heterocycles. The Bertz CT molecular complexity index is 622. The molecule has 0 radical (unpaired) electrons. The van der Waals surface area contributed by atoms with Crippen molar-refractivity contribution in [1.29, 1.82) is 0 Å². The molecule has 120 valence electrons. The Kier molecular flexibility index (Phi) is 4.79. The number of hydrogen-bond acceptors (Lipinski definition) is 3. The number of nitrogens with zero attached hydrogens (tertiary/aromatic N) is 2. The molecule has 0 saturated heterocycles. The summed E-state index contributed by atoms with van der Waals surface area (Å²) in [7, 11) is 1.65. The molecule has 0 amide bonds. The molecule has 0 saturated carbocycles. The summed E-state index contributed by atoms with van der Waals surface area (Å²) in [6.45, 7) is 8.35. The van der Waals surface area contributed by atoms with Gasteiger partial charge in [0.25, 0.3) is 0 Å². The van der Waals surface area contributed by atoms with E-state index >= 15 is 0 Å². The fraction of sp³-hybridized carbons (Fsp3) is 0.500. The van der Waals surface area contributed by atoms with Crippen LogP contribution in [-0.4, -0.2) is 22.0 Å². The molecule has 0 spiro atoms. The van der Waals surface area contributed by atoms with Crippen LogP contribution in [0.3, 0.4) is 0 Å². The molecule has 4 nitrogen and oxygen atoms in total. The van der Waals surface area contributed by atoms with E-state index in [1.807, 2.05) is 28.9 Å². The standard InChI is InChI=1S/C18H26N2O2/c1-6-7-8-15-16(21)17(18(2,3)4)19-20(15)13-9-11-14(22-5)12-10-13/h9-12,21H,6-8H2,1-5H3. The molecule has 2 aromatic rings. The van der Waals surface area contributed by atoms with Crippen LogP contribution in [0.25, 0.3) is 5.69 Å². The lowest BCUT2D eigenvalue weighted by atomic mass is 9.91. The zero-order valence-electron chi connectivity index (χ0n) is 14.2. The van der Waals surface area contributed by atoms with E-state index in [1.54, 1.807) is 7.11 Å². The lowest BCUT2D eigenvalue weighted by Crippen LogP contribution is -2.13. The second-order valence-corrected chi connectivity index (χ2v) is 6.61. The maximum absolute atomic E-state index is 10.6. The summed E-state index contributed by atoms with van der Waals surface area (Å²) in [5, 5.41) is 15.3. The fourth-order valence-corrected chi connectivity index (χ4v) is 2.46. The first-order valence-corrected chi connectivity index (χ1v) is 7.84. The third-order valence-electron chi connectivity index (χ3n) is 3.75. The normalized spacial score (nSPS) is 11.7. The van der Waals surface area contributed by atoms with Gasteiger partial charge in [0.1, 0.15) is 11.4 Å². The molecule has 0 atom stereocenters. The molecule has 0 aliphatic carbocycles. The third-order valence-corrected chi connectivity index (χ3v) is 3.75. The predicted molar refractivity (Wildman–Crippen MR) is 89.1 cm³/mol. The first-order valence-electron chi connectivity index (χ1n) is 7.84. The van der Waals surface area contributed by atoms with Crippen molar-refractivity contribution >= 4 is 0 Å². The molecule has 1 heterocycles. The summed E-state index contributed by atoms with van der Waals surface area (Å²) in [4.78, 5) is 0. The SMILES string of the molecule is CCCCc1c(O)c(C(C)(C)C)nn1-c1ccc(OC)cc1. The smallest absolute Gasteiger partial charge is 0.161 e. The number of ether oxygens (including phenoxy) is 1. The molecule has 22 heavy (non-hydrogen) atoms. The highest BCUT2D eigenvalue weighted by Crippen LogP contribution is 2.34. The number of unbranched alkanes of at least 4 members (excludes halogenated alkanes) is 1. The van der Waals surface area contributed by atoms with Crippen molar-refractivity contribution in [3.8, 4) is 17.2 Å². The molecule has 1 aromatic carbocycles. The largest absolute Gasteiger partial charge is 0.504 e. The van der Waals surface area contributed by atoms with Crippen LogP contribution in [0.1, 0.15) is 51.9 Å². The van der Waals surface area contributed by atoms with E-state index in [2.05, 4.69) is 32.8 Å². The summed E-state index contributed by atoms with van der Waals surface area (Å²) < 4.78 is 7.07. The van der Waals surface area contributed by atoms with Crippen molar-refractivity contribution in [2.45, 2.75) is 52.4 Å². The minimum Gasteiger partial charge on any atom is -0.504 e. The van der Waals surface area contributed by atoms with Crippen LogP contribution in [0.2, 0.25) is 0 Å². The van der Waals surface area contributed by atoms with E-state index in [0.717, 1.165) is 42.1 Å². The monoisotopic (exact) mass is 302 g/mol. The summed E-state index contributed by atoms with van der Waals surface area (Å²) in [6, 6.07) is 7.75. The molecule has 0 unspecified atom stereocenters. The van der Waals surface area contributed by atoms with E-state index in [9.17, 15) is 5.11 Å². The molecular weight excluding hydrogens is 276 g/mol. The predicted octanol–water partition coefficient (Wildman–Crippen LogP) is 4.23. The number of benzene rings is 1. The molecule has 2 rings (SSSR count). The van der Waals surface area contributed by atoms with E-state index in [0.29, 0.717) is 5.75 Å². The number of methoxy groups -OCH3 is 1. The second kappa shape index (κ2) is 6.42. The second-order valence-electron chi connectivity index (χ2n) is 6.61. The van der Waals surface area contributed by atoms with Crippen LogP contribution in [0.15, 0.2) is 24.3 Å².